The van der Waals surface area contributed by atoms with Crippen LogP contribution in [0.4, 0.5) is 0 Å². The molecule has 1 aliphatic heterocycles. The van der Waals surface area contributed by atoms with Crippen molar-refractivity contribution in [2.45, 2.75) is 13.3 Å². The standard InChI is InChI=1S/C11H12INO/c1-8-3-4-9(10(12)7-8)11(14)13-5-2-6-13/h3-4,7H,2,5-6H2,1H3. The van der Waals surface area contributed by atoms with E-state index < -0.39 is 0 Å². The number of amides is 1. The second kappa shape index (κ2) is 3.88. The molecule has 0 unspecified atom stereocenters. The Morgan fingerprint density at radius 1 is 1.43 bits per heavy atom. The molecule has 0 aromatic heterocycles. The average Bonchev–Trinajstić information content (AvgIpc) is 2.00. The van der Waals surface area contributed by atoms with E-state index in [1.807, 2.05) is 30.0 Å². The average molecular weight is 301 g/mol. The van der Waals surface area contributed by atoms with Crippen LogP contribution in [0.5, 0.6) is 0 Å². The van der Waals surface area contributed by atoms with Crippen LogP contribution < -0.4 is 0 Å². The molecule has 1 amide bonds. The summed E-state index contributed by atoms with van der Waals surface area (Å²) >= 11 is 2.23. The van der Waals surface area contributed by atoms with Crippen molar-refractivity contribution in [3.8, 4) is 0 Å². The molecule has 74 valence electrons. The Labute approximate surface area is 97.4 Å². The van der Waals surface area contributed by atoms with Crippen molar-refractivity contribution in [1.82, 2.24) is 4.90 Å². The summed E-state index contributed by atoms with van der Waals surface area (Å²) < 4.78 is 1.06. The van der Waals surface area contributed by atoms with Crippen molar-refractivity contribution in [3.63, 3.8) is 0 Å². The van der Waals surface area contributed by atoms with Crippen LogP contribution in [0.2, 0.25) is 0 Å². The molecule has 2 rings (SSSR count). The lowest BCUT2D eigenvalue weighted by atomic mass is 10.1. The van der Waals surface area contributed by atoms with E-state index in [1.54, 1.807) is 0 Å². The first-order valence-electron chi connectivity index (χ1n) is 4.74. The third-order valence-corrected chi connectivity index (χ3v) is 3.39. The van der Waals surface area contributed by atoms with Gasteiger partial charge in [0.1, 0.15) is 0 Å². The predicted molar refractivity (Wildman–Crippen MR) is 64.4 cm³/mol. The van der Waals surface area contributed by atoms with Crippen molar-refractivity contribution < 1.29 is 4.79 Å². The van der Waals surface area contributed by atoms with Crippen LogP contribution in [0.1, 0.15) is 22.3 Å². The summed E-state index contributed by atoms with van der Waals surface area (Å²) in [6.07, 6.45) is 1.15. The molecule has 1 fully saturated rings. The summed E-state index contributed by atoms with van der Waals surface area (Å²) in [5.41, 5.74) is 2.05. The van der Waals surface area contributed by atoms with Gasteiger partial charge in [-0.05, 0) is 48.1 Å². The predicted octanol–water partition coefficient (Wildman–Crippen LogP) is 2.45. The molecule has 0 radical (unpaired) electrons. The summed E-state index contributed by atoms with van der Waals surface area (Å²) in [5.74, 6) is 0.181. The zero-order valence-corrected chi connectivity index (χ0v) is 10.2. The monoisotopic (exact) mass is 301 g/mol. The van der Waals surface area contributed by atoms with Gasteiger partial charge in [0.15, 0.2) is 0 Å². The zero-order valence-electron chi connectivity index (χ0n) is 8.09. The molecule has 0 atom stereocenters. The van der Waals surface area contributed by atoms with Gasteiger partial charge in [-0.2, -0.15) is 0 Å². The maximum absolute atomic E-state index is 11.9. The minimum absolute atomic E-state index is 0.181. The molecule has 0 aliphatic carbocycles. The maximum atomic E-state index is 11.9. The fourth-order valence-electron chi connectivity index (χ4n) is 1.48. The van der Waals surface area contributed by atoms with Crippen molar-refractivity contribution in [2.75, 3.05) is 13.1 Å². The van der Waals surface area contributed by atoms with E-state index in [9.17, 15) is 4.79 Å². The van der Waals surface area contributed by atoms with Crippen LogP contribution in [-0.4, -0.2) is 23.9 Å². The SMILES string of the molecule is Cc1ccc(C(=O)N2CCC2)c(I)c1. The van der Waals surface area contributed by atoms with Crippen molar-refractivity contribution in [1.29, 1.82) is 0 Å². The highest BCUT2D eigenvalue weighted by atomic mass is 127. The van der Waals surface area contributed by atoms with Crippen molar-refractivity contribution in [2.24, 2.45) is 0 Å². The van der Waals surface area contributed by atoms with Crippen LogP contribution in [0.3, 0.4) is 0 Å². The molecular formula is C11H12INO. The summed E-state index contributed by atoms with van der Waals surface area (Å²) in [7, 11) is 0. The Morgan fingerprint density at radius 2 is 2.14 bits per heavy atom. The highest BCUT2D eigenvalue weighted by Gasteiger charge is 2.22. The number of benzene rings is 1. The van der Waals surface area contributed by atoms with Gasteiger partial charge in [0.25, 0.3) is 5.91 Å². The second-order valence-corrected chi connectivity index (χ2v) is 4.79. The summed E-state index contributed by atoms with van der Waals surface area (Å²) in [6, 6.07) is 5.97. The van der Waals surface area contributed by atoms with E-state index in [-0.39, 0.29) is 5.91 Å². The minimum Gasteiger partial charge on any atom is -0.338 e. The fourth-order valence-corrected chi connectivity index (χ4v) is 2.38. The Kier molecular flexibility index (Phi) is 2.76. The molecule has 1 aromatic rings. The smallest absolute Gasteiger partial charge is 0.254 e. The first-order valence-corrected chi connectivity index (χ1v) is 5.82. The molecule has 3 heteroatoms. The topological polar surface area (TPSA) is 20.3 Å². The van der Waals surface area contributed by atoms with Crippen LogP contribution in [0.15, 0.2) is 18.2 Å². The van der Waals surface area contributed by atoms with E-state index in [4.69, 9.17) is 0 Å². The second-order valence-electron chi connectivity index (χ2n) is 3.63. The molecule has 2 nitrogen and oxygen atoms in total. The molecule has 1 aliphatic rings. The van der Waals surface area contributed by atoms with E-state index in [0.717, 1.165) is 28.6 Å². The molecule has 0 spiro atoms. The zero-order chi connectivity index (χ0) is 10.1. The summed E-state index contributed by atoms with van der Waals surface area (Å²) in [4.78, 5) is 13.8. The first-order chi connectivity index (χ1) is 6.68. The van der Waals surface area contributed by atoms with Crippen LogP contribution in [0, 0.1) is 10.5 Å². The lowest BCUT2D eigenvalue weighted by molar-refractivity contribution is 0.0650. The number of aryl methyl sites for hydroxylation is 1. The van der Waals surface area contributed by atoms with Gasteiger partial charge < -0.3 is 4.90 Å². The Bertz CT molecular complexity index is 372. The molecule has 1 saturated heterocycles. The lowest BCUT2D eigenvalue weighted by Crippen LogP contribution is -2.42. The number of carbonyl (C=O) groups excluding carboxylic acids is 1. The van der Waals surface area contributed by atoms with Crippen molar-refractivity contribution in [3.05, 3.63) is 32.9 Å². The van der Waals surface area contributed by atoms with Gasteiger partial charge in [0, 0.05) is 16.7 Å². The molecular weight excluding hydrogens is 289 g/mol. The first kappa shape index (κ1) is 9.96. The minimum atomic E-state index is 0.181. The van der Waals surface area contributed by atoms with Gasteiger partial charge in [-0.25, -0.2) is 0 Å². The number of hydrogen-bond donors (Lipinski definition) is 0. The van der Waals surface area contributed by atoms with E-state index in [1.165, 1.54) is 5.56 Å². The molecule has 0 bridgehead atoms. The van der Waals surface area contributed by atoms with Gasteiger partial charge in [-0.3, -0.25) is 4.79 Å². The third-order valence-electron chi connectivity index (χ3n) is 2.50. The third kappa shape index (κ3) is 1.78. The number of halogens is 1. The van der Waals surface area contributed by atoms with Gasteiger partial charge in [-0.15, -0.1) is 0 Å². The Balaban J connectivity index is 2.26. The van der Waals surface area contributed by atoms with E-state index >= 15 is 0 Å². The highest BCUT2D eigenvalue weighted by Crippen LogP contribution is 2.18. The number of hydrogen-bond acceptors (Lipinski definition) is 1. The van der Waals surface area contributed by atoms with Crippen LogP contribution in [-0.2, 0) is 0 Å². The quantitative estimate of drug-likeness (QED) is 0.730. The van der Waals surface area contributed by atoms with E-state index in [2.05, 4.69) is 22.6 Å². The number of rotatable bonds is 1. The summed E-state index contributed by atoms with van der Waals surface area (Å²) in [5, 5.41) is 0. The van der Waals surface area contributed by atoms with Crippen LogP contribution in [0.25, 0.3) is 0 Å². The molecule has 1 heterocycles. The van der Waals surface area contributed by atoms with Crippen LogP contribution >= 0.6 is 22.6 Å². The fraction of sp³-hybridized carbons (Fsp3) is 0.364. The molecule has 14 heavy (non-hydrogen) atoms. The van der Waals surface area contributed by atoms with Gasteiger partial charge >= 0.3 is 0 Å². The Hall–Kier alpha value is -0.580. The van der Waals surface area contributed by atoms with Crippen molar-refractivity contribution >= 4 is 28.5 Å². The number of likely N-dealkylation sites (tertiary alicyclic amines) is 1. The molecule has 1 aromatic carbocycles. The van der Waals surface area contributed by atoms with Gasteiger partial charge in [0.05, 0.1) is 5.56 Å². The Morgan fingerprint density at radius 3 is 2.64 bits per heavy atom. The number of nitrogens with zero attached hydrogens (tertiary/aromatic N) is 1. The molecule has 0 saturated carbocycles. The number of carbonyl (C=O) groups is 1. The van der Waals surface area contributed by atoms with Gasteiger partial charge in [-0.1, -0.05) is 11.6 Å². The molecule has 0 N–H and O–H groups in total. The maximum Gasteiger partial charge on any atom is 0.254 e. The largest absolute Gasteiger partial charge is 0.338 e. The van der Waals surface area contributed by atoms with Gasteiger partial charge in [0.2, 0.25) is 0 Å². The normalized spacial score (nSPS) is 15.1. The highest BCUT2D eigenvalue weighted by molar-refractivity contribution is 14.1. The summed E-state index contributed by atoms with van der Waals surface area (Å²) in [6.45, 7) is 3.88. The van der Waals surface area contributed by atoms with E-state index in [0.29, 0.717) is 0 Å². The lowest BCUT2D eigenvalue weighted by Gasteiger charge is -2.31.